The van der Waals surface area contributed by atoms with Crippen LogP contribution in [0.25, 0.3) is 22.2 Å². The van der Waals surface area contributed by atoms with Crippen LogP contribution in [0.4, 0.5) is 10.5 Å². The van der Waals surface area contributed by atoms with Gasteiger partial charge in [0.25, 0.3) is 0 Å². The van der Waals surface area contributed by atoms with Gasteiger partial charge in [-0.2, -0.15) is 0 Å². The Kier molecular flexibility index (Phi) is 5.76. The first-order valence-corrected chi connectivity index (χ1v) is 11.9. The van der Waals surface area contributed by atoms with E-state index in [-0.39, 0.29) is 23.7 Å². The standard InChI is InChI=1S/C26H29ClN4O4/c1-25(2,3)23-26(14-31(23)24(32)33)12-30(13-26)16-9-19(27)18-11-21(29-28-20(18)10-16)17-7-5-6-8-22(17)35-15-34-4/h5-11,23H,12-15H2,1-4H3,(H,32,33). The fraction of sp³-hybridized carbons (Fsp3) is 0.423. The minimum atomic E-state index is -0.844. The number of fused-ring (bicyclic) bond motifs is 1. The van der Waals surface area contributed by atoms with Crippen LogP contribution in [-0.2, 0) is 4.74 Å². The van der Waals surface area contributed by atoms with E-state index < -0.39 is 6.09 Å². The highest BCUT2D eigenvalue weighted by Crippen LogP contribution is 2.53. The Morgan fingerprint density at radius 1 is 1.17 bits per heavy atom. The van der Waals surface area contributed by atoms with E-state index in [0.29, 0.717) is 28.5 Å². The van der Waals surface area contributed by atoms with Gasteiger partial charge in [-0.25, -0.2) is 4.79 Å². The molecule has 0 radical (unpaired) electrons. The summed E-state index contributed by atoms with van der Waals surface area (Å²) in [4.78, 5) is 15.5. The number of carbonyl (C=O) groups is 1. The zero-order chi connectivity index (χ0) is 25.0. The van der Waals surface area contributed by atoms with Crippen LogP contribution >= 0.6 is 11.6 Å². The maximum atomic E-state index is 11.7. The van der Waals surface area contributed by atoms with Gasteiger partial charge >= 0.3 is 6.09 Å². The number of carboxylic acid groups (broad SMARTS) is 1. The summed E-state index contributed by atoms with van der Waals surface area (Å²) in [6.45, 7) is 8.60. The summed E-state index contributed by atoms with van der Waals surface area (Å²) >= 11 is 6.72. The average molecular weight is 497 g/mol. The summed E-state index contributed by atoms with van der Waals surface area (Å²) in [6.07, 6.45) is -0.844. The lowest BCUT2D eigenvalue weighted by Crippen LogP contribution is -2.81. The van der Waals surface area contributed by atoms with Gasteiger partial charge in [-0.1, -0.05) is 44.5 Å². The molecule has 0 saturated carbocycles. The fourth-order valence-electron chi connectivity index (χ4n) is 5.80. The van der Waals surface area contributed by atoms with Gasteiger partial charge in [0.15, 0.2) is 6.79 Å². The minimum absolute atomic E-state index is 0.0116. The smallest absolute Gasteiger partial charge is 0.407 e. The van der Waals surface area contributed by atoms with E-state index in [1.54, 1.807) is 12.0 Å². The molecule has 3 aromatic rings. The molecule has 1 N–H and O–H groups in total. The molecule has 9 heteroatoms. The molecule has 3 heterocycles. The molecule has 2 saturated heterocycles. The third-order valence-electron chi connectivity index (χ3n) is 6.95. The molecule has 2 aliphatic rings. The van der Waals surface area contributed by atoms with Gasteiger partial charge < -0.3 is 24.4 Å². The topological polar surface area (TPSA) is 88.0 Å². The normalized spacial score (nSPS) is 18.9. The number of nitrogens with zero attached hydrogens (tertiary/aromatic N) is 4. The molecule has 2 fully saturated rings. The van der Waals surface area contributed by atoms with E-state index in [0.717, 1.165) is 29.7 Å². The number of anilines is 1. The second kappa shape index (κ2) is 8.53. The second-order valence-corrected chi connectivity index (χ2v) is 10.9. The lowest BCUT2D eigenvalue weighted by molar-refractivity contribution is -0.121. The van der Waals surface area contributed by atoms with Crippen LogP contribution in [-0.4, -0.2) is 65.9 Å². The van der Waals surface area contributed by atoms with Crippen molar-refractivity contribution in [2.24, 2.45) is 10.8 Å². The van der Waals surface area contributed by atoms with Gasteiger partial charge in [-0.15, -0.1) is 10.2 Å². The quantitative estimate of drug-likeness (QED) is 0.489. The summed E-state index contributed by atoms with van der Waals surface area (Å²) in [5.41, 5.74) is 3.00. The number of benzene rings is 2. The van der Waals surface area contributed by atoms with Crippen LogP contribution in [0.1, 0.15) is 20.8 Å². The molecule has 1 atom stereocenters. The predicted molar refractivity (Wildman–Crippen MR) is 135 cm³/mol. The van der Waals surface area contributed by atoms with Crippen molar-refractivity contribution in [3.8, 4) is 17.0 Å². The van der Waals surface area contributed by atoms with E-state index in [1.807, 2.05) is 42.5 Å². The number of rotatable bonds is 5. The van der Waals surface area contributed by atoms with Crippen molar-refractivity contribution in [3.05, 3.63) is 47.5 Å². The van der Waals surface area contributed by atoms with Crippen molar-refractivity contribution >= 4 is 34.3 Å². The molecule has 184 valence electrons. The summed E-state index contributed by atoms with van der Waals surface area (Å²) < 4.78 is 10.7. The van der Waals surface area contributed by atoms with E-state index in [2.05, 4.69) is 35.9 Å². The van der Waals surface area contributed by atoms with Crippen LogP contribution < -0.4 is 9.64 Å². The van der Waals surface area contributed by atoms with Crippen molar-refractivity contribution in [2.45, 2.75) is 26.8 Å². The summed E-state index contributed by atoms with van der Waals surface area (Å²) in [7, 11) is 1.58. The van der Waals surface area contributed by atoms with Crippen molar-refractivity contribution in [3.63, 3.8) is 0 Å². The van der Waals surface area contributed by atoms with Crippen LogP contribution in [0.2, 0.25) is 5.02 Å². The number of para-hydroxylation sites is 1. The highest BCUT2D eigenvalue weighted by molar-refractivity contribution is 6.35. The monoisotopic (exact) mass is 496 g/mol. The SMILES string of the molecule is COCOc1ccccc1-c1cc2c(Cl)cc(N3CC4(C3)CN(C(=O)O)C4C(C)(C)C)cc2nn1. The molecule has 1 spiro atoms. The van der Waals surface area contributed by atoms with Crippen molar-refractivity contribution in [1.82, 2.24) is 15.1 Å². The van der Waals surface area contributed by atoms with Crippen LogP contribution in [0, 0.1) is 10.8 Å². The molecule has 0 aliphatic carbocycles. The molecule has 1 amide bonds. The Balaban J connectivity index is 1.40. The summed E-state index contributed by atoms with van der Waals surface area (Å²) in [6, 6.07) is 13.5. The Morgan fingerprint density at radius 2 is 1.91 bits per heavy atom. The zero-order valence-electron chi connectivity index (χ0n) is 20.3. The molecule has 5 rings (SSSR count). The Hall–Kier alpha value is -3.10. The Bertz CT molecular complexity index is 1290. The van der Waals surface area contributed by atoms with Gasteiger partial charge in [0, 0.05) is 48.8 Å². The maximum absolute atomic E-state index is 11.7. The van der Waals surface area contributed by atoms with Crippen LogP contribution in [0.5, 0.6) is 5.75 Å². The predicted octanol–water partition coefficient (Wildman–Crippen LogP) is 5.15. The minimum Gasteiger partial charge on any atom is -0.467 e. The number of amides is 1. The van der Waals surface area contributed by atoms with Gasteiger partial charge in [-0.05, 0) is 35.7 Å². The largest absolute Gasteiger partial charge is 0.467 e. The number of methoxy groups -OCH3 is 1. The van der Waals surface area contributed by atoms with Crippen molar-refractivity contribution in [1.29, 1.82) is 0 Å². The van der Waals surface area contributed by atoms with E-state index in [4.69, 9.17) is 21.1 Å². The Labute approximate surface area is 209 Å². The van der Waals surface area contributed by atoms with Gasteiger partial charge in [0.1, 0.15) is 5.75 Å². The molecule has 2 aliphatic heterocycles. The Morgan fingerprint density at radius 3 is 2.60 bits per heavy atom. The van der Waals surface area contributed by atoms with Gasteiger partial charge in [0.2, 0.25) is 0 Å². The fourth-order valence-corrected chi connectivity index (χ4v) is 6.06. The number of likely N-dealkylation sites (tertiary alicyclic amines) is 1. The highest BCUT2D eigenvalue weighted by Gasteiger charge is 2.64. The zero-order valence-corrected chi connectivity index (χ0v) is 21.0. The second-order valence-electron chi connectivity index (χ2n) is 10.5. The van der Waals surface area contributed by atoms with E-state index in [1.165, 1.54) is 0 Å². The first kappa shape index (κ1) is 23.6. The molecule has 1 unspecified atom stereocenters. The number of ether oxygens (including phenoxy) is 2. The molecular formula is C26H29ClN4O4. The van der Waals surface area contributed by atoms with E-state index >= 15 is 0 Å². The van der Waals surface area contributed by atoms with Gasteiger partial charge in [0.05, 0.1) is 22.3 Å². The average Bonchev–Trinajstić information content (AvgIpc) is 2.75. The van der Waals surface area contributed by atoms with Gasteiger partial charge in [-0.3, -0.25) is 0 Å². The first-order valence-electron chi connectivity index (χ1n) is 11.6. The number of halogens is 1. The third kappa shape index (κ3) is 4.04. The summed E-state index contributed by atoms with van der Waals surface area (Å²) in [5, 5.41) is 19.9. The molecule has 1 aromatic heterocycles. The number of hydrogen-bond acceptors (Lipinski definition) is 6. The lowest BCUT2D eigenvalue weighted by atomic mass is 9.58. The molecule has 35 heavy (non-hydrogen) atoms. The molecule has 0 bridgehead atoms. The third-order valence-corrected chi connectivity index (χ3v) is 7.27. The highest BCUT2D eigenvalue weighted by atomic mass is 35.5. The number of aromatic nitrogens is 2. The van der Waals surface area contributed by atoms with Crippen molar-refractivity contribution in [2.75, 3.05) is 38.4 Å². The van der Waals surface area contributed by atoms with E-state index in [9.17, 15) is 9.90 Å². The van der Waals surface area contributed by atoms with Crippen LogP contribution in [0.3, 0.4) is 0 Å². The number of hydrogen-bond donors (Lipinski definition) is 1. The summed E-state index contributed by atoms with van der Waals surface area (Å²) in [5.74, 6) is 0.658. The molecule has 8 nitrogen and oxygen atoms in total. The maximum Gasteiger partial charge on any atom is 0.407 e. The molecular weight excluding hydrogens is 468 g/mol. The van der Waals surface area contributed by atoms with Crippen LogP contribution in [0.15, 0.2) is 42.5 Å². The van der Waals surface area contributed by atoms with Crippen molar-refractivity contribution < 1.29 is 19.4 Å². The lowest BCUT2D eigenvalue weighted by Gasteiger charge is -2.68. The first-order chi connectivity index (χ1) is 16.6. The molecule has 2 aromatic carbocycles.